The van der Waals surface area contributed by atoms with E-state index in [0.29, 0.717) is 9.13 Å². The van der Waals surface area contributed by atoms with Gasteiger partial charge in [0.25, 0.3) is 6.43 Å². The van der Waals surface area contributed by atoms with E-state index in [2.05, 4.69) is 4.98 Å². The SMILES string of the molecule is N#CCc1cnc(C(F)F)c(C#N)c1I. The number of nitrogens with zero attached hydrogens (tertiary/aromatic N) is 3. The molecule has 0 spiro atoms. The number of aromatic nitrogens is 1. The van der Waals surface area contributed by atoms with Gasteiger partial charge in [-0.05, 0) is 28.2 Å². The van der Waals surface area contributed by atoms with E-state index in [4.69, 9.17) is 10.5 Å². The first-order chi connectivity index (χ1) is 7.11. The number of hydrogen-bond acceptors (Lipinski definition) is 3. The molecule has 76 valence electrons. The number of alkyl halides is 2. The molecule has 0 amide bonds. The van der Waals surface area contributed by atoms with Gasteiger partial charge in [0.1, 0.15) is 11.8 Å². The van der Waals surface area contributed by atoms with Gasteiger partial charge in [-0.2, -0.15) is 10.5 Å². The van der Waals surface area contributed by atoms with Crippen molar-refractivity contribution in [2.45, 2.75) is 12.8 Å². The van der Waals surface area contributed by atoms with E-state index in [1.165, 1.54) is 6.20 Å². The van der Waals surface area contributed by atoms with Gasteiger partial charge in [-0.1, -0.05) is 0 Å². The lowest BCUT2D eigenvalue weighted by molar-refractivity contribution is 0.145. The highest BCUT2D eigenvalue weighted by atomic mass is 127. The van der Waals surface area contributed by atoms with Crippen LogP contribution < -0.4 is 0 Å². The molecule has 0 fully saturated rings. The molecule has 0 N–H and O–H groups in total. The molecule has 0 aliphatic heterocycles. The van der Waals surface area contributed by atoms with Gasteiger partial charge in [0, 0.05) is 9.77 Å². The minimum atomic E-state index is -2.77. The summed E-state index contributed by atoms with van der Waals surface area (Å²) in [6, 6.07) is 3.57. The molecule has 0 aliphatic rings. The lowest BCUT2D eigenvalue weighted by Crippen LogP contribution is -2.02. The Hall–Kier alpha value is -1.28. The first-order valence-electron chi connectivity index (χ1n) is 3.84. The van der Waals surface area contributed by atoms with Crippen LogP contribution in [0.15, 0.2) is 6.20 Å². The normalized spacial score (nSPS) is 9.73. The van der Waals surface area contributed by atoms with Crippen LogP contribution in [-0.4, -0.2) is 4.98 Å². The van der Waals surface area contributed by atoms with E-state index in [1.54, 1.807) is 28.7 Å². The topological polar surface area (TPSA) is 60.5 Å². The first-order valence-corrected chi connectivity index (χ1v) is 4.92. The van der Waals surface area contributed by atoms with Crippen molar-refractivity contribution in [3.8, 4) is 12.1 Å². The fourth-order valence-electron chi connectivity index (χ4n) is 1.02. The third-order valence-corrected chi connectivity index (χ3v) is 2.94. The Kier molecular flexibility index (Phi) is 3.92. The maximum Gasteiger partial charge on any atom is 0.281 e. The lowest BCUT2D eigenvalue weighted by atomic mass is 10.1. The molecule has 0 atom stereocenters. The second kappa shape index (κ2) is 4.99. The van der Waals surface area contributed by atoms with Crippen molar-refractivity contribution in [1.82, 2.24) is 4.98 Å². The van der Waals surface area contributed by atoms with Crippen molar-refractivity contribution in [3.63, 3.8) is 0 Å². The summed E-state index contributed by atoms with van der Waals surface area (Å²) < 4.78 is 25.2. The maximum absolute atomic E-state index is 12.4. The summed E-state index contributed by atoms with van der Waals surface area (Å²) in [6.45, 7) is 0. The highest BCUT2D eigenvalue weighted by Gasteiger charge is 2.19. The molecule has 3 nitrogen and oxygen atoms in total. The molecule has 1 heterocycles. The van der Waals surface area contributed by atoms with Gasteiger partial charge >= 0.3 is 0 Å². The second-order valence-corrected chi connectivity index (χ2v) is 3.68. The highest BCUT2D eigenvalue weighted by molar-refractivity contribution is 14.1. The van der Waals surface area contributed by atoms with E-state index in [-0.39, 0.29) is 12.0 Å². The Balaban J connectivity index is 3.36. The van der Waals surface area contributed by atoms with Gasteiger partial charge in [0.05, 0.1) is 18.1 Å². The average molecular weight is 319 g/mol. The number of halogens is 3. The summed E-state index contributed by atoms with van der Waals surface area (Å²) in [7, 11) is 0. The van der Waals surface area contributed by atoms with Crippen molar-refractivity contribution in [2.24, 2.45) is 0 Å². The van der Waals surface area contributed by atoms with Crippen LogP contribution in [0.4, 0.5) is 8.78 Å². The van der Waals surface area contributed by atoms with Gasteiger partial charge in [0.2, 0.25) is 0 Å². The molecule has 15 heavy (non-hydrogen) atoms. The molecule has 0 saturated heterocycles. The van der Waals surface area contributed by atoms with Crippen molar-refractivity contribution in [1.29, 1.82) is 10.5 Å². The van der Waals surface area contributed by atoms with Gasteiger partial charge in [-0.25, -0.2) is 8.78 Å². The maximum atomic E-state index is 12.4. The molecule has 0 radical (unpaired) electrons. The molecule has 0 bridgehead atoms. The van der Waals surface area contributed by atoms with Crippen LogP contribution in [0.1, 0.15) is 23.2 Å². The fraction of sp³-hybridized carbons (Fsp3) is 0.222. The molecular weight excluding hydrogens is 315 g/mol. The Labute approximate surface area is 98.5 Å². The molecular formula is C9H4F2IN3. The van der Waals surface area contributed by atoms with Crippen molar-refractivity contribution in [3.05, 3.63) is 26.6 Å². The van der Waals surface area contributed by atoms with Crippen LogP contribution in [0.3, 0.4) is 0 Å². The first kappa shape index (κ1) is 11.8. The number of hydrogen-bond donors (Lipinski definition) is 0. The third kappa shape index (κ3) is 2.39. The summed E-state index contributed by atoms with van der Waals surface area (Å²) in [6.07, 6.45) is -1.50. The number of nitriles is 2. The lowest BCUT2D eigenvalue weighted by Gasteiger charge is -2.06. The van der Waals surface area contributed by atoms with Crippen molar-refractivity contribution in [2.75, 3.05) is 0 Å². The molecule has 6 heteroatoms. The second-order valence-electron chi connectivity index (χ2n) is 2.61. The van der Waals surface area contributed by atoms with Crippen LogP contribution in [0.2, 0.25) is 0 Å². The van der Waals surface area contributed by atoms with Gasteiger partial charge in [-0.3, -0.25) is 4.98 Å². The van der Waals surface area contributed by atoms with Gasteiger partial charge < -0.3 is 0 Å². The zero-order valence-electron chi connectivity index (χ0n) is 7.34. The van der Waals surface area contributed by atoms with E-state index in [9.17, 15) is 8.78 Å². The van der Waals surface area contributed by atoms with E-state index in [1.807, 2.05) is 6.07 Å². The average Bonchev–Trinajstić information content (AvgIpc) is 2.20. The van der Waals surface area contributed by atoms with Crippen LogP contribution in [0.5, 0.6) is 0 Å². The third-order valence-electron chi connectivity index (χ3n) is 1.71. The Morgan fingerprint density at radius 2 is 2.13 bits per heavy atom. The van der Waals surface area contributed by atoms with E-state index < -0.39 is 12.1 Å². The van der Waals surface area contributed by atoms with Crippen molar-refractivity contribution >= 4 is 22.6 Å². The minimum Gasteiger partial charge on any atom is -0.253 e. The minimum absolute atomic E-state index is 0.0590. The van der Waals surface area contributed by atoms with Gasteiger partial charge in [-0.15, -0.1) is 0 Å². The summed E-state index contributed by atoms with van der Waals surface area (Å²) in [5, 5.41) is 17.2. The molecule has 1 rings (SSSR count). The quantitative estimate of drug-likeness (QED) is 0.787. The molecule has 1 aromatic rings. The number of rotatable bonds is 2. The Morgan fingerprint density at radius 3 is 2.60 bits per heavy atom. The summed E-state index contributed by atoms with van der Waals surface area (Å²) in [5.41, 5.74) is -0.166. The van der Waals surface area contributed by atoms with Crippen LogP contribution in [0, 0.1) is 26.2 Å². The molecule has 0 saturated carbocycles. The number of pyridine rings is 1. The van der Waals surface area contributed by atoms with E-state index >= 15 is 0 Å². The van der Waals surface area contributed by atoms with Crippen LogP contribution >= 0.6 is 22.6 Å². The molecule has 1 aromatic heterocycles. The zero-order valence-corrected chi connectivity index (χ0v) is 9.49. The van der Waals surface area contributed by atoms with Crippen LogP contribution in [0.25, 0.3) is 0 Å². The summed E-state index contributed by atoms with van der Waals surface area (Å²) >= 11 is 1.78. The predicted octanol–water partition coefficient (Wildman–Crippen LogP) is 2.56. The monoisotopic (exact) mass is 319 g/mol. The fourth-order valence-corrected chi connectivity index (χ4v) is 1.75. The zero-order chi connectivity index (χ0) is 11.4. The standard InChI is InChI=1S/C9H4F2IN3/c10-9(11)8-6(3-14)7(12)5(1-2-13)4-15-8/h4,9H,1H2. The van der Waals surface area contributed by atoms with E-state index in [0.717, 1.165) is 0 Å². The molecule has 0 aliphatic carbocycles. The summed E-state index contributed by atoms with van der Waals surface area (Å²) in [5.74, 6) is 0. The Morgan fingerprint density at radius 1 is 1.47 bits per heavy atom. The molecule has 0 aromatic carbocycles. The largest absolute Gasteiger partial charge is 0.281 e. The molecule has 0 unspecified atom stereocenters. The van der Waals surface area contributed by atoms with Crippen LogP contribution in [-0.2, 0) is 6.42 Å². The summed E-state index contributed by atoms with van der Waals surface area (Å²) in [4.78, 5) is 3.50. The smallest absolute Gasteiger partial charge is 0.253 e. The Bertz CT molecular complexity index is 460. The van der Waals surface area contributed by atoms with Gasteiger partial charge in [0.15, 0.2) is 0 Å². The highest BCUT2D eigenvalue weighted by Crippen LogP contribution is 2.26. The predicted molar refractivity (Wildman–Crippen MR) is 55.9 cm³/mol. The van der Waals surface area contributed by atoms with Crippen molar-refractivity contribution < 1.29 is 8.78 Å².